The second kappa shape index (κ2) is 14.6. The fourth-order valence-corrected chi connectivity index (χ4v) is 3.75. The highest BCUT2D eigenvalue weighted by atomic mass is 16.6. The summed E-state index contributed by atoms with van der Waals surface area (Å²) in [5, 5.41) is 2.47. The van der Waals surface area contributed by atoms with E-state index in [0.717, 1.165) is 23.1 Å². The highest BCUT2D eigenvalue weighted by molar-refractivity contribution is 5.82. The molecule has 7 nitrogen and oxygen atoms in total. The molecule has 3 aromatic carbocycles. The smallest absolute Gasteiger partial charge is 0.408 e. The molecule has 200 valence electrons. The van der Waals surface area contributed by atoms with Gasteiger partial charge in [0.1, 0.15) is 19.8 Å². The SMILES string of the molecule is CC(C)Cc1ccc([C@H](C)C(=O)OC[C@H](NC(=O)OCc2ccccc2)C(=O)OCc2ccccc2)cc1. The molecule has 0 saturated carbocycles. The minimum absolute atomic E-state index is 0.0178. The predicted octanol–water partition coefficient (Wildman–Crippen LogP) is 5.57. The average molecular weight is 518 g/mol. The van der Waals surface area contributed by atoms with E-state index in [1.165, 1.54) is 5.56 Å². The zero-order chi connectivity index (χ0) is 27.3. The number of alkyl carbamates (subject to hydrolysis) is 1. The summed E-state index contributed by atoms with van der Waals surface area (Å²) in [5.41, 5.74) is 3.59. The van der Waals surface area contributed by atoms with Crippen molar-refractivity contribution in [2.24, 2.45) is 5.92 Å². The van der Waals surface area contributed by atoms with Gasteiger partial charge in [0.25, 0.3) is 0 Å². The summed E-state index contributed by atoms with van der Waals surface area (Å²) in [4.78, 5) is 38.0. The topological polar surface area (TPSA) is 90.9 Å². The fraction of sp³-hybridized carbons (Fsp3) is 0.323. The lowest BCUT2D eigenvalue weighted by Gasteiger charge is -2.19. The van der Waals surface area contributed by atoms with Crippen molar-refractivity contribution in [1.82, 2.24) is 5.32 Å². The molecule has 0 aliphatic heterocycles. The number of nitrogens with one attached hydrogen (secondary N) is 1. The van der Waals surface area contributed by atoms with Crippen LogP contribution in [0, 0.1) is 5.92 Å². The summed E-state index contributed by atoms with van der Waals surface area (Å²) < 4.78 is 16.1. The number of carbonyl (C=O) groups is 3. The first-order valence-electron chi connectivity index (χ1n) is 12.7. The zero-order valence-electron chi connectivity index (χ0n) is 22.1. The van der Waals surface area contributed by atoms with E-state index in [4.69, 9.17) is 14.2 Å². The second-order valence-electron chi connectivity index (χ2n) is 9.54. The zero-order valence-corrected chi connectivity index (χ0v) is 22.1. The van der Waals surface area contributed by atoms with E-state index in [-0.39, 0.29) is 19.8 Å². The van der Waals surface area contributed by atoms with Crippen LogP contribution in [0.2, 0.25) is 0 Å². The van der Waals surface area contributed by atoms with Gasteiger partial charge in [-0.1, -0.05) is 98.8 Å². The van der Waals surface area contributed by atoms with E-state index < -0.39 is 30.0 Å². The van der Waals surface area contributed by atoms with Crippen molar-refractivity contribution in [3.8, 4) is 0 Å². The summed E-state index contributed by atoms with van der Waals surface area (Å²) in [5.74, 6) is -1.26. The molecule has 0 unspecified atom stereocenters. The number of amides is 1. The molecule has 0 aliphatic carbocycles. The van der Waals surface area contributed by atoms with E-state index >= 15 is 0 Å². The largest absolute Gasteiger partial charge is 0.462 e. The van der Waals surface area contributed by atoms with Crippen molar-refractivity contribution in [2.75, 3.05) is 6.61 Å². The Balaban J connectivity index is 1.59. The van der Waals surface area contributed by atoms with E-state index in [0.29, 0.717) is 5.92 Å². The molecule has 0 heterocycles. The van der Waals surface area contributed by atoms with Gasteiger partial charge in [0.05, 0.1) is 5.92 Å². The Kier molecular flexibility index (Phi) is 10.9. The highest BCUT2D eigenvalue weighted by Gasteiger charge is 2.27. The molecular weight excluding hydrogens is 482 g/mol. The van der Waals surface area contributed by atoms with E-state index in [9.17, 15) is 14.4 Å². The van der Waals surface area contributed by atoms with Crippen molar-refractivity contribution >= 4 is 18.0 Å². The van der Waals surface area contributed by atoms with Crippen LogP contribution in [0.25, 0.3) is 0 Å². The van der Waals surface area contributed by atoms with E-state index in [1.54, 1.807) is 6.92 Å². The Morgan fingerprint density at radius 2 is 1.21 bits per heavy atom. The number of rotatable bonds is 12. The monoisotopic (exact) mass is 517 g/mol. The maximum atomic E-state index is 12.8. The number of hydrogen-bond donors (Lipinski definition) is 1. The molecule has 0 radical (unpaired) electrons. The normalized spacial score (nSPS) is 12.3. The molecule has 7 heteroatoms. The Morgan fingerprint density at radius 3 is 1.76 bits per heavy atom. The average Bonchev–Trinajstić information content (AvgIpc) is 2.93. The molecule has 1 amide bonds. The van der Waals surface area contributed by atoms with Gasteiger partial charge in [-0.25, -0.2) is 9.59 Å². The number of esters is 2. The minimum Gasteiger partial charge on any atom is -0.462 e. The van der Waals surface area contributed by atoms with Crippen LogP contribution in [0.15, 0.2) is 84.9 Å². The summed E-state index contributed by atoms with van der Waals surface area (Å²) >= 11 is 0. The standard InChI is InChI=1S/C31H35NO6/c1-22(2)18-24-14-16-27(17-15-24)23(3)29(33)37-21-28(30(34)36-19-25-10-6-4-7-11-25)32-31(35)38-20-26-12-8-5-9-13-26/h4-17,22-23,28H,18-21H2,1-3H3,(H,32,35)/t23-,28-/m0/s1. The number of ether oxygens (including phenoxy) is 3. The Labute approximate surface area is 224 Å². The van der Waals surface area contributed by atoms with Crippen LogP contribution < -0.4 is 5.32 Å². The van der Waals surface area contributed by atoms with Gasteiger partial charge in [-0.3, -0.25) is 4.79 Å². The van der Waals surface area contributed by atoms with Gasteiger partial charge in [-0.2, -0.15) is 0 Å². The second-order valence-corrected chi connectivity index (χ2v) is 9.54. The first kappa shape index (κ1) is 28.4. The van der Waals surface area contributed by atoms with Crippen molar-refractivity contribution in [3.63, 3.8) is 0 Å². The van der Waals surface area contributed by atoms with Crippen LogP contribution in [-0.2, 0) is 43.4 Å². The van der Waals surface area contributed by atoms with Crippen molar-refractivity contribution < 1.29 is 28.6 Å². The Morgan fingerprint density at radius 1 is 0.658 bits per heavy atom. The van der Waals surface area contributed by atoms with Crippen molar-refractivity contribution in [1.29, 1.82) is 0 Å². The molecule has 38 heavy (non-hydrogen) atoms. The lowest BCUT2D eigenvalue weighted by molar-refractivity contribution is -0.153. The molecule has 3 rings (SSSR count). The predicted molar refractivity (Wildman–Crippen MR) is 144 cm³/mol. The molecular formula is C31H35NO6. The molecule has 0 aromatic heterocycles. The molecule has 0 spiro atoms. The summed E-state index contributed by atoms with van der Waals surface area (Å²) in [6.07, 6.45) is 0.137. The number of hydrogen-bond acceptors (Lipinski definition) is 6. The minimum atomic E-state index is -1.23. The third-order valence-corrected chi connectivity index (χ3v) is 5.88. The van der Waals surface area contributed by atoms with E-state index in [2.05, 4.69) is 19.2 Å². The van der Waals surface area contributed by atoms with Crippen LogP contribution >= 0.6 is 0 Å². The van der Waals surface area contributed by atoms with Gasteiger partial charge in [0, 0.05) is 0 Å². The van der Waals surface area contributed by atoms with Crippen molar-refractivity contribution in [2.45, 2.75) is 52.4 Å². The first-order valence-corrected chi connectivity index (χ1v) is 12.7. The van der Waals surface area contributed by atoms with Gasteiger partial charge in [0.15, 0.2) is 6.04 Å². The highest BCUT2D eigenvalue weighted by Crippen LogP contribution is 2.19. The third kappa shape index (κ3) is 9.39. The number of benzene rings is 3. The van der Waals surface area contributed by atoms with Crippen LogP contribution in [0.4, 0.5) is 4.79 Å². The number of carbonyl (C=O) groups excluding carboxylic acids is 3. The Hall–Kier alpha value is -4.13. The maximum absolute atomic E-state index is 12.8. The van der Waals surface area contributed by atoms with Gasteiger partial charge in [0.2, 0.25) is 0 Å². The molecule has 2 atom stereocenters. The van der Waals surface area contributed by atoms with Gasteiger partial charge >= 0.3 is 18.0 Å². The van der Waals surface area contributed by atoms with E-state index in [1.807, 2.05) is 84.9 Å². The summed E-state index contributed by atoms with van der Waals surface area (Å²) in [7, 11) is 0. The first-order chi connectivity index (χ1) is 18.3. The molecule has 0 fully saturated rings. The van der Waals surface area contributed by atoms with Crippen molar-refractivity contribution in [3.05, 3.63) is 107 Å². The third-order valence-electron chi connectivity index (χ3n) is 5.88. The summed E-state index contributed by atoms with van der Waals surface area (Å²) in [6, 6.07) is 24.9. The molecule has 0 aliphatic rings. The fourth-order valence-electron chi connectivity index (χ4n) is 3.75. The lowest BCUT2D eigenvalue weighted by atomic mass is 9.97. The van der Waals surface area contributed by atoms with Crippen LogP contribution in [0.1, 0.15) is 48.9 Å². The lowest BCUT2D eigenvalue weighted by Crippen LogP contribution is -2.45. The quantitative estimate of drug-likeness (QED) is 0.250. The van der Waals surface area contributed by atoms with Gasteiger partial charge in [-0.15, -0.1) is 0 Å². The van der Waals surface area contributed by atoms with Gasteiger partial charge < -0.3 is 19.5 Å². The molecule has 0 bridgehead atoms. The Bertz CT molecular complexity index is 1160. The van der Waals surface area contributed by atoms with Crippen LogP contribution in [0.5, 0.6) is 0 Å². The van der Waals surface area contributed by atoms with Gasteiger partial charge in [-0.05, 0) is 41.5 Å². The molecule has 0 saturated heterocycles. The molecule has 1 N–H and O–H groups in total. The molecule has 3 aromatic rings. The maximum Gasteiger partial charge on any atom is 0.408 e. The van der Waals surface area contributed by atoms with Crippen LogP contribution in [0.3, 0.4) is 0 Å². The summed E-state index contributed by atoms with van der Waals surface area (Å²) in [6.45, 7) is 5.71. The van der Waals surface area contributed by atoms with Crippen LogP contribution in [-0.4, -0.2) is 30.7 Å².